The third kappa shape index (κ3) is 5.31. The lowest BCUT2D eigenvalue weighted by molar-refractivity contribution is 0.0496. The lowest BCUT2D eigenvalue weighted by Gasteiger charge is -2.14. The molecule has 0 heterocycles. The smallest absolute Gasteiger partial charge is 0.338 e. The number of carbonyl (C=O) groups excluding carboxylic acids is 1. The zero-order valence-electron chi connectivity index (χ0n) is 12.4. The number of carbonyl (C=O) groups is 1. The van der Waals surface area contributed by atoms with Gasteiger partial charge in [-0.15, -0.1) is 0 Å². The molecule has 1 aromatic carbocycles. The molecule has 0 atom stereocenters. The summed E-state index contributed by atoms with van der Waals surface area (Å²) in [5.41, 5.74) is 7.37. The Morgan fingerprint density at radius 1 is 1.35 bits per heavy atom. The van der Waals surface area contributed by atoms with Crippen LogP contribution in [0.1, 0.15) is 49.0 Å². The van der Waals surface area contributed by atoms with Gasteiger partial charge in [0.05, 0.1) is 23.7 Å². The highest BCUT2D eigenvalue weighted by molar-refractivity contribution is 5.90. The molecule has 20 heavy (non-hydrogen) atoms. The molecule has 4 nitrogen and oxygen atoms in total. The van der Waals surface area contributed by atoms with Gasteiger partial charge in [-0.1, -0.05) is 0 Å². The van der Waals surface area contributed by atoms with Gasteiger partial charge in [0.15, 0.2) is 0 Å². The van der Waals surface area contributed by atoms with Crippen molar-refractivity contribution in [3.8, 4) is 6.07 Å². The maximum atomic E-state index is 11.8. The van der Waals surface area contributed by atoms with E-state index >= 15 is 0 Å². The first kappa shape index (κ1) is 16.0. The molecule has 0 spiro atoms. The van der Waals surface area contributed by atoms with Gasteiger partial charge in [0.1, 0.15) is 0 Å². The van der Waals surface area contributed by atoms with Gasteiger partial charge in [0.2, 0.25) is 0 Å². The summed E-state index contributed by atoms with van der Waals surface area (Å²) in [7, 11) is 0. The van der Waals surface area contributed by atoms with Gasteiger partial charge < -0.3 is 10.5 Å². The van der Waals surface area contributed by atoms with Crippen LogP contribution in [0.25, 0.3) is 0 Å². The first-order chi connectivity index (χ1) is 9.34. The number of hydrogen-bond donors (Lipinski definition) is 1. The number of nitrogens with zero attached hydrogens (tertiary/aromatic N) is 1. The Kier molecular flexibility index (Phi) is 5.57. The fourth-order valence-corrected chi connectivity index (χ4v) is 1.90. The average Bonchev–Trinajstić information content (AvgIpc) is 2.37. The quantitative estimate of drug-likeness (QED) is 0.489. The second kappa shape index (κ2) is 6.95. The van der Waals surface area contributed by atoms with E-state index in [1.54, 1.807) is 18.2 Å². The van der Waals surface area contributed by atoms with Crippen molar-refractivity contribution in [3.63, 3.8) is 0 Å². The Labute approximate surface area is 120 Å². The van der Waals surface area contributed by atoms with Crippen LogP contribution in [0.5, 0.6) is 0 Å². The number of benzene rings is 1. The minimum absolute atomic E-state index is 0.311. The third-order valence-corrected chi connectivity index (χ3v) is 3.07. The van der Waals surface area contributed by atoms with Gasteiger partial charge in [-0.25, -0.2) is 4.79 Å². The second-order valence-electron chi connectivity index (χ2n) is 5.72. The van der Waals surface area contributed by atoms with Gasteiger partial charge in [-0.2, -0.15) is 5.26 Å². The van der Waals surface area contributed by atoms with Crippen LogP contribution in [0, 0.1) is 23.7 Å². The summed E-state index contributed by atoms with van der Waals surface area (Å²) in [6.45, 7) is 6.08. The van der Waals surface area contributed by atoms with Crippen molar-refractivity contribution in [2.45, 2.75) is 40.0 Å². The predicted molar refractivity (Wildman–Crippen MR) is 79.1 cm³/mol. The summed E-state index contributed by atoms with van der Waals surface area (Å²) in [5, 5.41) is 8.89. The maximum Gasteiger partial charge on any atom is 0.338 e. The van der Waals surface area contributed by atoms with Crippen LogP contribution in [0.2, 0.25) is 0 Å². The van der Waals surface area contributed by atoms with E-state index in [1.165, 1.54) is 0 Å². The van der Waals surface area contributed by atoms with E-state index in [0.29, 0.717) is 17.9 Å². The zero-order valence-corrected chi connectivity index (χ0v) is 12.4. The van der Waals surface area contributed by atoms with Crippen LogP contribution < -0.4 is 5.73 Å². The molecular weight excluding hydrogens is 252 g/mol. The molecule has 0 aliphatic heterocycles. The largest absolute Gasteiger partial charge is 0.462 e. The topological polar surface area (TPSA) is 76.1 Å². The molecule has 108 valence electrons. The van der Waals surface area contributed by atoms with Crippen molar-refractivity contribution in [2.75, 3.05) is 12.3 Å². The second-order valence-corrected chi connectivity index (χ2v) is 5.72. The molecular formula is C16H22N2O2. The number of hydrogen-bond acceptors (Lipinski definition) is 4. The molecule has 0 aliphatic carbocycles. The summed E-state index contributed by atoms with van der Waals surface area (Å²) < 4.78 is 5.21. The lowest BCUT2D eigenvalue weighted by Crippen LogP contribution is -2.10. The summed E-state index contributed by atoms with van der Waals surface area (Å²) in [6, 6.07) is 7.44. The molecule has 0 unspecified atom stereocenters. The Balaban J connectivity index is 2.36. The number of ether oxygens (including phenoxy) is 1. The standard InChI is InChI=1S/C16H22N2O2/c1-12-8-13(10-14(18)9-12)15(19)20-7-5-4-6-16(2,3)11-17/h8-10H,4-7,18H2,1-3H3. The van der Waals surface area contributed by atoms with Gasteiger partial charge in [0, 0.05) is 5.69 Å². The van der Waals surface area contributed by atoms with E-state index in [4.69, 9.17) is 15.7 Å². The van der Waals surface area contributed by atoms with E-state index in [-0.39, 0.29) is 11.4 Å². The minimum atomic E-state index is -0.347. The molecule has 0 aromatic heterocycles. The minimum Gasteiger partial charge on any atom is -0.462 e. The zero-order chi connectivity index (χ0) is 15.2. The maximum absolute atomic E-state index is 11.8. The van der Waals surface area contributed by atoms with Crippen LogP contribution in [0.4, 0.5) is 5.69 Å². The van der Waals surface area contributed by atoms with Crippen LogP contribution in [-0.4, -0.2) is 12.6 Å². The highest BCUT2D eigenvalue weighted by Gasteiger charge is 2.15. The highest BCUT2D eigenvalue weighted by atomic mass is 16.5. The van der Waals surface area contributed by atoms with Gasteiger partial charge in [0.25, 0.3) is 0 Å². The van der Waals surface area contributed by atoms with Crippen LogP contribution in [0.3, 0.4) is 0 Å². The first-order valence-corrected chi connectivity index (χ1v) is 6.79. The van der Waals surface area contributed by atoms with Crippen LogP contribution in [0.15, 0.2) is 18.2 Å². The fraction of sp³-hybridized carbons (Fsp3) is 0.500. The van der Waals surface area contributed by atoms with Gasteiger partial charge >= 0.3 is 5.97 Å². The summed E-state index contributed by atoms with van der Waals surface area (Å²) >= 11 is 0. The Morgan fingerprint density at radius 2 is 2.05 bits per heavy atom. The van der Waals surface area contributed by atoms with Crippen molar-refractivity contribution in [1.29, 1.82) is 5.26 Å². The number of nitrogens with two attached hydrogens (primary N) is 1. The number of aryl methyl sites for hydroxylation is 1. The molecule has 0 aliphatic rings. The monoisotopic (exact) mass is 274 g/mol. The summed E-state index contributed by atoms with van der Waals surface area (Å²) in [5.74, 6) is -0.347. The molecule has 1 rings (SSSR count). The van der Waals surface area contributed by atoms with E-state index < -0.39 is 0 Å². The summed E-state index contributed by atoms with van der Waals surface area (Å²) in [6.07, 6.45) is 2.43. The first-order valence-electron chi connectivity index (χ1n) is 6.79. The summed E-state index contributed by atoms with van der Waals surface area (Å²) in [4.78, 5) is 11.8. The van der Waals surface area contributed by atoms with Crippen molar-refractivity contribution in [1.82, 2.24) is 0 Å². The van der Waals surface area contributed by atoms with Crippen molar-refractivity contribution < 1.29 is 9.53 Å². The fourth-order valence-electron chi connectivity index (χ4n) is 1.90. The lowest BCUT2D eigenvalue weighted by atomic mass is 9.89. The number of anilines is 1. The van der Waals surface area contributed by atoms with Crippen molar-refractivity contribution in [2.24, 2.45) is 5.41 Å². The molecule has 0 saturated carbocycles. The van der Waals surface area contributed by atoms with Crippen LogP contribution >= 0.6 is 0 Å². The Morgan fingerprint density at radius 3 is 2.65 bits per heavy atom. The molecule has 0 radical (unpaired) electrons. The number of nitrogen functional groups attached to an aromatic ring is 1. The van der Waals surface area contributed by atoms with Gasteiger partial charge in [-0.3, -0.25) is 0 Å². The van der Waals surface area contributed by atoms with Gasteiger partial charge in [-0.05, 0) is 63.8 Å². The van der Waals surface area contributed by atoms with Crippen LogP contribution in [-0.2, 0) is 4.74 Å². The molecule has 2 N–H and O–H groups in total. The number of unbranched alkanes of at least 4 members (excludes halogenated alkanes) is 1. The molecule has 1 aromatic rings. The molecule has 4 heteroatoms. The normalized spacial score (nSPS) is 10.9. The SMILES string of the molecule is Cc1cc(N)cc(C(=O)OCCCCC(C)(C)C#N)c1. The third-order valence-electron chi connectivity index (χ3n) is 3.07. The van der Waals surface area contributed by atoms with E-state index in [1.807, 2.05) is 20.8 Å². The number of rotatable bonds is 6. The Hall–Kier alpha value is -2.02. The Bertz CT molecular complexity index is 495. The molecule has 0 fully saturated rings. The molecule has 0 amide bonds. The number of esters is 1. The molecule has 0 saturated heterocycles. The van der Waals surface area contributed by atoms with Crippen molar-refractivity contribution >= 4 is 11.7 Å². The molecule has 0 bridgehead atoms. The van der Waals surface area contributed by atoms with E-state index in [2.05, 4.69) is 6.07 Å². The predicted octanol–water partition coefficient (Wildman–Crippen LogP) is 3.45. The van der Waals surface area contributed by atoms with Crippen molar-refractivity contribution in [3.05, 3.63) is 29.3 Å². The highest BCUT2D eigenvalue weighted by Crippen LogP contribution is 2.21. The number of nitriles is 1. The van der Waals surface area contributed by atoms with E-state index in [0.717, 1.165) is 24.8 Å². The average molecular weight is 274 g/mol. The van der Waals surface area contributed by atoms with E-state index in [9.17, 15) is 4.79 Å².